The lowest BCUT2D eigenvalue weighted by atomic mass is 9.72. The molecule has 0 radical (unpaired) electrons. The quantitative estimate of drug-likeness (QED) is 0.831. The smallest absolute Gasteiger partial charge is 0.221 e. The largest absolute Gasteiger partial charge is 0.346 e. The molecule has 1 fully saturated rings. The molecule has 0 aromatic rings. The molecule has 1 N–H and O–H groups in total. The summed E-state index contributed by atoms with van der Waals surface area (Å²) >= 11 is 0. The van der Waals surface area contributed by atoms with E-state index in [0.717, 1.165) is 12.8 Å². The van der Waals surface area contributed by atoms with Crippen molar-refractivity contribution in [3.8, 4) is 0 Å². The van der Waals surface area contributed by atoms with Gasteiger partial charge in [0.25, 0.3) is 0 Å². The van der Waals surface area contributed by atoms with Crippen molar-refractivity contribution in [1.82, 2.24) is 5.32 Å². The van der Waals surface area contributed by atoms with E-state index in [2.05, 4.69) is 12.2 Å². The lowest BCUT2D eigenvalue weighted by Gasteiger charge is -2.37. The summed E-state index contributed by atoms with van der Waals surface area (Å²) < 4.78 is 0. The van der Waals surface area contributed by atoms with Gasteiger partial charge in [0.1, 0.15) is 0 Å². The van der Waals surface area contributed by atoms with E-state index >= 15 is 0 Å². The monoisotopic (exact) mass is 309 g/mol. The fourth-order valence-electron chi connectivity index (χ4n) is 3.29. The van der Waals surface area contributed by atoms with Gasteiger partial charge in [-0.1, -0.05) is 67.7 Å². The van der Waals surface area contributed by atoms with Crippen LogP contribution in [0.5, 0.6) is 0 Å². The van der Waals surface area contributed by atoms with Gasteiger partial charge in [-0.25, -0.2) is 0 Å². The summed E-state index contributed by atoms with van der Waals surface area (Å²) in [5, 5.41) is 3.05. The molecule has 1 amide bonds. The third kappa shape index (κ3) is 5.40. The number of carbonyl (C=O) groups is 2. The maximum Gasteiger partial charge on any atom is 0.221 e. The number of nitrogens with one attached hydrogen (secondary N) is 1. The maximum absolute atomic E-state index is 12.7. The first-order valence-corrected chi connectivity index (χ1v) is 8.69. The molecule has 0 aliphatic heterocycles. The predicted molar refractivity (Wildman–Crippen MR) is 91.7 cm³/mol. The van der Waals surface area contributed by atoms with Crippen LogP contribution in [0.2, 0.25) is 0 Å². The third-order valence-corrected chi connectivity index (χ3v) is 4.82. The number of rotatable bonds is 4. The van der Waals surface area contributed by atoms with Crippen LogP contribution in [0.1, 0.15) is 87.0 Å². The Morgan fingerprint density at radius 3 is 1.91 bits per heavy atom. The highest BCUT2D eigenvalue weighted by Crippen LogP contribution is 2.39. The molecule has 0 saturated heterocycles. The zero-order chi connectivity index (χ0) is 17.2. The summed E-state index contributed by atoms with van der Waals surface area (Å²) in [5.41, 5.74) is -0.608. The Morgan fingerprint density at radius 1 is 1.00 bits per heavy atom. The van der Waals surface area contributed by atoms with Gasteiger partial charge < -0.3 is 5.32 Å². The van der Waals surface area contributed by atoms with Crippen LogP contribution in [0.15, 0.2) is 0 Å². The average molecular weight is 309 g/mol. The van der Waals surface area contributed by atoms with E-state index in [0.29, 0.717) is 6.42 Å². The zero-order valence-electron chi connectivity index (χ0n) is 15.6. The first-order valence-electron chi connectivity index (χ1n) is 8.69. The molecule has 128 valence electrons. The summed E-state index contributed by atoms with van der Waals surface area (Å²) in [6.45, 7) is 14.0. The SMILES string of the molecule is CC1(CC(=O)NC(C(=O)C(C)(C)C)C(C)(C)C)CCCCC1. The fourth-order valence-corrected chi connectivity index (χ4v) is 3.29. The summed E-state index contributed by atoms with van der Waals surface area (Å²) in [6.07, 6.45) is 6.49. The summed E-state index contributed by atoms with van der Waals surface area (Å²) in [6, 6.07) is -0.424. The van der Waals surface area contributed by atoms with Gasteiger partial charge >= 0.3 is 0 Å². The minimum Gasteiger partial charge on any atom is -0.346 e. The van der Waals surface area contributed by atoms with Crippen LogP contribution in [0.3, 0.4) is 0 Å². The summed E-state index contributed by atoms with van der Waals surface area (Å²) in [7, 11) is 0. The van der Waals surface area contributed by atoms with Crippen LogP contribution in [0.25, 0.3) is 0 Å². The van der Waals surface area contributed by atoms with E-state index in [1.165, 1.54) is 19.3 Å². The Labute approximate surface area is 136 Å². The minimum atomic E-state index is -0.444. The molecule has 22 heavy (non-hydrogen) atoms. The van der Waals surface area contributed by atoms with Crippen molar-refractivity contribution < 1.29 is 9.59 Å². The van der Waals surface area contributed by atoms with Gasteiger partial charge in [-0.15, -0.1) is 0 Å². The third-order valence-electron chi connectivity index (χ3n) is 4.82. The van der Waals surface area contributed by atoms with Gasteiger partial charge in [0.05, 0.1) is 6.04 Å². The van der Waals surface area contributed by atoms with E-state index in [9.17, 15) is 9.59 Å². The highest BCUT2D eigenvalue weighted by Gasteiger charge is 2.39. The van der Waals surface area contributed by atoms with E-state index in [1.54, 1.807) is 0 Å². The molecular weight excluding hydrogens is 274 g/mol. The summed E-state index contributed by atoms with van der Waals surface area (Å²) in [4.78, 5) is 25.2. The van der Waals surface area contributed by atoms with Crippen molar-refractivity contribution in [2.45, 2.75) is 93.0 Å². The van der Waals surface area contributed by atoms with Crippen molar-refractivity contribution in [2.75, 3.05) is 0 Å². The Balaban J connectivity index is 2.78. The summed E-state index contributed by atoms with van der Waals surface area (Å²) in [5.74, 6) is 0.143. The molecule has 0 spiro atoms. The topological polar surface area (TPSA) is 46.2 Å². The van der Waals surface area contributed by atoms with Gasteiger partial charge in [0.15, 0.2) is 5.78 Å². The number of hydrogen-bond acceptors (Lipinski definition) is 2. The standard InChI is InChI=1S/C19H35NO2/c1-17(2,3)15(16(22)18(4,5)6)20-14(21)13-19(7)11-9-8-10-12-19/h15H,8-13H2,1-7H3,(H,20,21). The number of hydrogen-bond donors (Lipinski definition) is 1. The molecule has 0 bridgehead atoms. The van der Waals surface area contributed by atoms with Crippen LogP contribution in [-0.4, -0.2) is 17.7 Å². The highest BCUT2D eigenvalue weighted by atomic mass is 16.2. The first kappa shape index (κ1) is 19.2. The molecule has 1 atom stereocenters. The molecule has 1 aliphatic rings. The molecule has 3 heteroatoms. The molecular formula is C19H35NO2. The number of Topliss-reactive ketones (excluding diaryl/α,β-unsaturated/α-hetero) is 1. The minimum absolute atomic E-state index is 0.0296. The Bertz CT molecular complexity index is 406. The van der Waals surface area contributed by atoms with Gasteiger partial charge in [-0.2, -0.15) is 0 Å². The number of ketones is 1. The molecule has 0 heterocycles. The fraction of sp³-hybridized carbons (Fsp3) is 0.895. The number of amides is 1. The molecule has 1 saturated carbocycles. The van der Waals surface area contributed by atoms with Crippen LogP contribution in [0.4, 0.5) is 0 Å². The van der Waals surface area contributed by atoms with Crippen molar-refractivity contribution in [3.05, 3.63) is 0 Å². The molecule has 0 aromatic carbocycles. The lowest BCUT2D eigenvalue weighted by molar-refractivity contribution is -0.136. The second kappa shape index (κ2) is 6.72. The van der Waals surface area contributed by atoms with Gasteiger partial charge in [0, 0.05) is 11.8 Å². The van der Waals surface area contributed by atoms with Gasteiger partial charge in [-0.3, -0.25) is 9.59 Å². The lowest BCUT2D eigenvalue weighted by Crippen LogP contribution is -2.53. The Morgan fingerprint density at radius 2 is 1.50 bits per heavy atom. The normalized spacial score (nSPS) is 20.3. The second-order valence-electron chi connectivity index (χ2n) is 9.53. The van der Waals surface area contributed by atoms with Crippen LogP contribution < -0.4 is 5.32 Å². The van der Waals surface area contributed by atoms with Crippen LogP contribution in [-0.2, 0) is 9.59 Å². The molecule has 0 aromatic heterocycles. The van der Waals surface area contributed by atoms with Gasteiger partial charge in [-0.05, 0) is 23.7 Å². The van der Waals surface area contributed by atoms with Crippen molar-refractivity contribution >= 4 is 11.7 Å². The van der Waals surface area contributed by atoms with Crippen molar-refractivity contribution in [2.24, 2.45) is 16.2 Å². The average Bonchev–Trinajstić information content (AvgIpc) is 2.33. The molecule has 3 nitrogen and oxygen atoms in total. The van der Waals surface area contributed by atoms with E-state index in [-0.39, 0.29) is 22.5 Å². The van der Waals surface area contributed by atoms with Gasteiger partial charge in [0.2, 0.25) is 5.91 Å². The molecule has 1 aliphatic carbocycles. The van der Waals surface area contributed by atoms with Crippen LogP contribution in [0, 0.1) is 16.2 Å². The Kier molecular flexibility index (Phi) is 5.86. The number of carbonyl (C=O) groups excluding carboxylic acids is 2. The highest BCUT2D eigenvalue weighted by molar-refractivity contribution is 5.93. The van der Waals surface area contributed by atoms with E-state index < -0.39 is 11.5 Å². The Hall–Kier alpha value is -0.860. The maximum atomic E-state index is 12.7. The molecule has 1 rings (SSSR count). The molecule has 1 unspecified atom stereocenters. The van der Waals surface area contributed by atoms with Crippen LogP contribution >= 0.6 is 0 Å². The van der Waals surface area contributed by atoms with E-state index in [1.807, 2.05) is 41.5 Å². The van der Waals surface area contributed by atoms with E-state index in [4.69, 9.17) is 0 Å². The second-order valence-corrected chi connectivity index (χ2v) is 9.53. The first-order chi connectivity index (χ1) is 9.85. The predicted octanol–water partition coefficient (Wildman–Crippen LogP) is 4.49. The van der Waals surface area contributed by atoms with Crippen molar-refractivity contribution in [1.29, 1.82) is 0 Å². The zero-order valence-corrected chi connectivity index (χ0v) is 15.6. The van der Waals surface area contributed by atoms with Crippen molar-refractivity contribution in [3.63, 3.8) is 0 Å².